The number of halogens is 1. The van der Waals surface area contributed by atoms with Gasteiger partial charge in [-0.25, -0.2) is 9.37 Å². The van der Waals surface area contributed by atoms with Gasteiger partial charge >= 0.3 is 0 Å². The average molecular weight is 243 g/mol. The molecule has 18 heavy (non-hydrogen) atoms. The number of aromatic nitrogens is 1. The number of hydrogen-bond acceptors (Lipinski definition) is 4. The van der Waals surface area contributed by atoms with Gasteiger partial charge in [-0.3, -0.25) is 10.1 Å². The largest absolute Gasteiger partial charge is 0.270 e. The molecule has 0 fully saturated rings. The van der Waals surface area contributed by atoms with E-state index in [0.29, 0.717) is 0 Å². The summed E-state index contributed by atoms with van der Waals surface area (Å²) in [6.45, 7) is 0. The van der Waals surface area contributed by atoms with Crippen LogP contribution < -0.4 is 0 Å². The number of hydrogen-bond donors (Lipinski definition) is 0. The van der Waals surface area contributed by atoms with Gasteiger partial charge in [0.1, 0.15) is 17.6 Å². The maximum Gasteiger partial charge on any atom is 0.270 e. The fourth-order valence-electron chi connectivity index (χ4n) is 1.54. The van der Waals surface area contributed by atoms with Gasteiger partial charge in [0, 0.05) is 29.5 Å². The molecule has 0 bridgehead atoms. The van der Waals surface area contributed by atoms with Crippen LogP contribution in [0.1, 0.15) is 5.69 Å². The molecule has 6 heteroatoms. The third-order valence-electron chi connectivity index (χ3n) is 2.36. The molecule has 0 atom stereocenters. The molecule has 0 aliphatic rings. The maximum atomic E-state index is 13.7. The number of pyridine rings is 1. The highest BCUT2D eigenvalue weighted by molar-refractivity contribution is 5.71. The molecule has 0 aliphatic carbocycles. The topological polar surface area (TPSA) is 79.8 Å². The molecule has 2 rings (SSSR count). The van der Waals surface area contributed by atoms with E-state index in [4.69, 9.17) is 5.26 Å². The van der Waals surface area contributed by atoms with E-state index < -0.39 is 10.7 Å². The average Bonchev–Trinajstić information content (AvgIpc) is 2.39. The molecule has 0 spiro atoms. The summed E-state index contributed by atoms with van der Waals surface area (Å²) in [6.07, 6.45) is 1.40. The molecular formula is C12H6FN3O2. The lowest BCUT2D eigenvalue weighted by Gasteiger charge is -2.04. The van der Waals surface area contributed by atoms with Crippen molar-refractivity contribution in [3.8, 4) is 17.2 Å². The molecule has 1 heterocycles. The zero-order valence-electron chi connectivity index (χ0n) is 9.00. The lowest BCUT2D eigenvalue weighted by Crippen LogP contribution is -1.94. The second-order valence-electron chi connectivity index (χ2n) is 3.43. The van der Waals surface area contributed by atoms with Crippen LogP contribution in [0.15, 0.2) is 36.5 Å². The van der Waals surface area contributed by atoms with Gasteiger partial charge in [0.2, 0.25) is 0 Å². The first-order chi connectivity index (χ1) is 8.63. The van der Waals surface area contributed by atoms with Crippen molar-refractivity contribution in [3.05, 3.63) is 58.2 Å². The van der Waals surface area contributed by atoms with Crippen LogP contribution in [0.2, 0.25) is 0 Å². The molecule has 1 aromatic heterocycles. The molecule has 5 nitrogen and oxygen atoms in total. The van der Waals surface area contributed by atoms with E-state index >= 15 is 0 Å². The van der Waals surface area contributed by atoms with Gasteiger partial charge in [-0.2, -0.15) is 5.26 Å². The Hall–Kier alpha value is -2.81. The van der Waals surface area contributed by atoms with E-state index in [1.807, 2.05) is 6.07 Å². The van der Waals surface area contributed by atoms with Gasteiger partial charge in [0.25, 0.3) is 5.69 Å². The molecule has 2 aromatic rings. The number of nitriles is 1. The van der Waals surface area contributed by atoms with Crippen LogP contribution in [0.3, 0.4) is 0 Å². The summed E-state index contributed by atoms with van der Waals surface area (Å²) in [5.41, 5.74) is 0.0195. The first-order valence-corrected chi connectivity index (χ1v) is 4.93. The van der Waals surface area contributed by atoms with E-state index in [0.717, 1.165) is 18.2 Å². The quantitative estimate of drug-likeness (QED) is 0.599. The molecule has 88 valence electrons. The molecule has 0 saturated carbocycles. The minimum absolute atomic E-state index is 0.00569. The maximum absolute atomic E-state index is 13.7. The molecule has 0 saturated heterocycles. The Morgan fingerprint density at radius 2 is 2.11 bits per heavy atom. The van der Waals surface area contributed by atoms with Gasteiger partial charge < -0.3 is 0 Å². The number of rotatable bonds is 2. The number of nitro benzene ring substituents is 1. The lowest BCUT2D eigenvalue weighted by molar-refractivity contribution is -0.384. The van der Waals surface area contributed by atoms with Gasteiger partial charge in [0.15, 0.2) is 0 Å². The highest BCUT2D eigenvalue weighted by Crippen LogP contribution is 2.28. The summed E-state index contributed by atoms with van der Waals surface area (Å²) in [5, 5.41) is 19.5. The summed E-state index contributed by atoms with van der Waals surface area (Å²) in [7, 11) is 0. The van der Waals surface area contributed by atoms with Crippen LogP contribution >= 0.6 is 0 Å². The Bertz CT molecular complexity index is 665. The van der Waals surface area contributed by atoms with Crippen molar-refractivity contribution >= 4 is 5.69 Å². The second-order valence-corrected chi connectivity index (χ2v) is 3.43. The van der Waals surface area contributed by atoms with Crippen molar-refractivity contribution < 1.29 is 9.31 Å². The van der Waals surface area contributed by atoms with Crippen LogP contribution in [0, 0.1) is 27.3 Å². The first kappa shape index (κ1) is 11.7. The molecular weight excluding hydrogens is 237 g/mol. The molecule has 0 aliphatic heterocycles. The van der Waals surface area contributed by atoms with E-state index in [1.165, 1.54) is 18.3 Å². The minimum atomic E-state index is -0.634. The number of nitrogens with zero attached hydrogens (tertiary/aromatic N) is 3. The predicted molar refractivity (Wildman–Crippen MR) is 61.0 cm³/mol. The normalized spacial score (nSPS) is 9.78. The predicted octanol–water partition coefficient (Wildman–Crippen LogP) is 2.67. The van der Waals surface area contributed by atoms with Crippen molar-refractivity contribution in [1.29, 1.82) is 5.26 Å². The fraction of sp³-hybridized carbons (Fsp3) is 0. The van der Waals surface area contributed by atoms with E-state index in [9.17, 15) is 14.5 Å². The highest BCUT2D eigenvalue weighted by Gasteiger charge is 2.15. The molecule has 0 amide bonds. The van der Waals surface area contributed by atoms with Gasteiger partial charge in [0.05, 0.1) is 4.92 Å². The fourth-order valence-corrected chi connectivity index (χ4v) is 1.54. The van der Waals surface area contributed by atoms with Crippen molar-refractivity contribution in [3.63, 3.8) is 0 Å². The van der Waals surface area contributed by atoms with Crippen LogP contribution in [-0.4, -0.2) is 9.91 Å². The van der Waals surface area contributed by atoms with Crippen LogP contribution in [0.4, 0.5) is 10.1 Å². The molecule has 0 unspecified atom stereocenters. The summed E-state index contributed by atoms with van der Waals surface area (Å²) in [4.78, 5) is 13.8. The number of non-ortho nitro benzene ring substituents is 1. The lowest BCUT2D eigenvalue weighted by atomic mass is 10.0. The Kier molecular flexibility index (Phi) is 2.98. The Balaban J connectivity index is 2.67. The number of nitro groups is 1. The van der Waals surface area contributed by atoms with Crippen LogP contribution in [0.5, 0.6) is 0 Å². The molecule has 0 N–H and O–H groups in total. The Morgan fingerprint density at radius 3 is 2.78 bits per heavy atom. The smallest absolute Gasteiger partial charge is 0.258 e. The summed E-state index contributed by atoms with van der Waals surface area (Å²) >= 11 is 0. The molecule has 0 radical (unpaired) electrons. The van der Waals surface area contributed by atoms with Crippen LogP contribution in [0.25, 0.3) is 11.1 Å². The van der Waals surface area contributed by atoms with Gasteiger partial charge in [-0.15, -0.1) is 0 Å². The van der Waals surface area contributed by atoms with Crippen molar-refractivity contribution in [1.82, 2.24) is 4.98 Å². The van der Waals surface area contributed by atoms with Crippen LogP contribution in [-0.2, 0) is 0 Å². The van der Waals surface area contributed by atoms with E-state index in [2.05, 4.69) is 4.98 Å². The van der Waals surface area contributed by atoms with Gasteiger partial charge in [-0.1, -0.05) is 0 Å². The van der Waals surface area contributed by atoms with Crippen molar-refractivity contribution in [2.45, 2.75) is 0 Å². The number of benzene rings is 1. The summed E-state index contributed by atoms with van der Waals surface area (Å²) in [5.74, 6) is -0.634. The van der Waals surface area contributed by atoms with Gasteiger partial charge in [-0.05, 0) is 18.2 Å². The minimum Gasteiger partial charge on any atom is -0.258 e. The first-order valence-electron chi connectivity index (χ1n) is 4.93. The Labute approximate surface area is 101 Å². The summed E-state index contributed by atoms with van der Waals surface area (Å²) < 4.78 is 13.7. The third-order valence-corrected chi connectivity index (χ3v) is 2.36. The second kappa shape index (κ2) is 4.59. The van der Waals surface area contributed by atoms with E-state index in [-0.39, 0.29) is 22.5 Å². The highest BCUT2D eigenvalue weighted by atomic mass is 19.1. The molecule has 1 aromatic carbocycles. The Morgan fingerprint density at radius 1 is 1.33 bits per heavy atom. The van der Waals surface area contributed by atoms with Crippen molar-refractivity contribution in [2.24, 2.45) is 0 Å². The zero-order chi connectivity index (χ0) is 13.1. The third kappa shape index (κ3) is 2.01. The van der Waals surface area contributed by atoms with Crippen molar-refractivity contribution in [2.75, 3.05) is 0 Å². The monoisotopic (exact) mass is 243 g/mol. The zero-order valence-corrected chi connectivity index (χ0v) is 9.00. The SMILES string of the molecule is N#Cc1ncccc1-c1cc([N+](=O)[O-])ccc1F. The summed E-state index contributed by atoms with van der Waals surface area (Å²) in [6, 6.07) is 8.01. The standard InChI is InChI=1S/C12H6FN3O2/c13-11-4-3-8(16(17)18)6-10(11)9-2-1-5-15-12(9)7-14/h1-6H. The van der Waals surface area contributed by atoms with E-state index in [1.54, 1.807) is 0 Å².